The van der Waals surface area contributed by atoms with Gasteiger partial charge in [0.1, 0.15) is 12.4 Å². The number of hydrogen-bond donors (Lipinski definition) is 2. The van der Waals surface area contributed by atoms with Gasteiger partial charge >= 0.3 is 6.09 Å². The SMILES string of the molecule is O=C(O)Nc1ccc(OCc2ccc(Cl)cc2)cc1. The summed E-state index contributed by atoms with van der Waals surface area (Å²) >= 11 is 5.79. The summed E-state index contributed by atoms with van der Waals surface area (Å²) in [5.74, 6) is 0.672. The van der Waals surface area contributed by atoms with Gasteiger partial charge in [-0.05, 0) is 42.0 Å². The summed E-state index contributed by atoms with van der Waals surface area (Å²) in [6.07, 6.45) is -1.09. The van der Waals surface area contributed by atoms with Crippen molar-refractivity contribution in [1.82, 2.24) is 0 Å². The van der Waals surface area contributed by atoms with Crippen LogP contribution in [0.3, 0.4) is 0 Å². The Morgan fingerprint density at radius 1 is 1.11 bits per heavy atom. The van der Waals surface area contributed by atoms with Crippen LogP contribution in [0.4, 0.5) is 10.5 Å². The normalized spacial score (nSPS) is 9.95. The molecule has 0 saturated heterocycles. The number of carboxylic acid groups (broad SMARTS) is 1. The molecule has 0 radical (unpaired) electrons. The third kappa shape index (κ3) is 4.19. The number of benzene rings is 2. The number of anilines is 1. The minimum atomic E-state index is -1.09. The molecule has 0 heterocycles. The second-order valence-electron chi connectivity index (χ2n) is 3.87. The van der Waals surface area contributed by atoms with Crippen LogP contribution in [0.1, 0.15) is 5.56 Å². The Morgan fingerprint density at radius 3 is 2.32 bits per heavy atom. The molecule has 0 bridgehead atoms. The topological polar surface area (TPSA) is 58.6 Å². The van der Waals surface area contributed by atoms with Gasteiger partial charge in [0.25, 0.3) is 0 Å². The smallest absolute Gasteiger partial charge is 0.409 e. The molecule has 0 unspecified atom stereocenters. The zero-order valence-corrected chi connectivity index (χ0v) is 10.7. The van der Waals surface area contributed by atoms with Crippen LogP contribution in [0, 0.1) is 0 Å². The summed E-state index contributed by atoms with van der Waals surface area (Å²) in [6, 6.07) is 14.1. The van der Waals surface area contributed by atoms with Gasteiger partial charge in [-0.15, -0.1) is 0 Å². The Morgan fingerprint density at radius 2 is 1.74 bits per heavy atom. The highest BCUT2D eigenvalue weighted by Crippen LogP contribution is 2.17. The van der Waals surface area contributed by atoms with Crippen LogP contribution < -0.4 is 10.1 Å². The van der Waals surface area contributed by atoms with E-state index in [0.29, 0.717) is 23.1 Å². The van der Waals surface area contributed by atoms with Crippen molar-refractivity contribution in [1.29, 1.82) is 0 Å². The van der Waals surface area contributed by atoms with Crippen molar-refractivity contribution in [2.75, 3.05) is 5.32 Å². The highest BCUT2D eigenvalue weighted by Gasteiger charge is 1.99. The van der Waals surface area contributed by atoms with E-state index in [2.05, 4.69) is 5.32 Å². The quantitative estimate of drug-likeness (QED) is 0.888. The Kier molecular flexibility index (Phi) is 4.26. The van der Waals surface area contributed by atoms with Gasteiger partial charge in [0.2, 0.25) is 0 Å². The van der Waals surface area contributed by atoms with Crippen LogP contribution in [-0.4, -0.2) is 11.2 Å². The fourth-order valence-electron chi connectivity index (χ4n) is 1.51. The van der Waals surface area contributed by atoms with Gasteiger partial charge in [-0.2, -0.15) is 0 Å². The van der Waals surface area contributed by atoms with Crippen LogP contribution in [-0.2, 0) is 6.61 Å². The minimum Gasteiger partial charge on any atom is -0.489 e. The molecular weight excluding hydrogens is 266 g/mol. The van der Waals surface area contributed by atoms with E-state index < -0.39 is 6.09 Å². The number of carbonyl (C=O) groups is 1. The van der Waals surface area contributed by atoms with E-state index in [9.17, 15) is 4.79 Å². The Bertz CT molecular complexity index is 552. The lowest BCUT2D eigenvalue weighted by atomic mass is 10.2. The first-order valence-corrected chi connectivity index (χ1v) is 5.98. The predicted octanol–water partition coefficient (Wildman–Crippen LogP) is 4.01. The molecule has 0 saturated carbocycles. The molecule has 2 rings (SSSR count). The minimum absolute atomic E-state index is 0.433. The largest absolute Gasteiger partial charge is 0.489 e. The van der Waals surface area contributed by atoms with Crippen molar-refractivity contribution in [3.8, 4) is 5.75 Å². The van der Waals surface area contributed by atoms with Crippen molar-refractivity contribution in [2.24, 2.45) is 0 Å². The number of rotatable bonds is 4. The van der Waals surface area contributed by atoms with Crippen LogP contribution >= 0.6 is 11.6 Å². The Labute approximate surface area is 115 Å². The molecule has 0 spiro atoms. The molecule has 1 amide bonds. The van der Waals surface area contributed by atoms with Crippen LogP contribution in [0.5, 0.6) is 5.75 Å². The lowest BCUT2D eigenvalue weighted by molar-refractivity contribution is 0.209. The third-order valence-corrected chi connectivity index (χ3v) is 2.68. The lowest BCUT2D eigenvalue weighted by Gasteiger charge is -2.07. The number of amides is 1. The molecular formula is C14H12ClNO3. The Hall–Kier alpha value is -2.20. The van der Waals surface area contributed by atoms with Crippen LogP contribution in [0.2, 0.25) is 5.02 Å². The van der Waals surface area contributed by atoms with Crippen molar-refractivity contribution < 1.29 is 14.6 Å². The summed E-state index contributed by atoms with van der Waals surface area (Å²) in [7, 11) is 0. The molecule has 2 N–H and O–H groups in total. The van der Waals surface area contributed by atoms with Crippen molar-refractivity contribution in [2.45, 2.75) is 6.61 Å². The van der Waals surface area contributed by atoms with E-state index in [0.717, 1.165) is 5.56 Å². The molecule has 0 aliphatic rings. The van der Waals surface area contributed by atoms with Gasteiger partial charge in [0, 0.05) is 10.7 Å². The lowest BCUT2D eigenvalue weighted by Crippen LogP contribution is -2.06. The van der Waals surface area contributed by atoms with Gasteiger partial charge in [0.15, 0.2) is 0 Å². The maximum atomic E-state index is 10.4. The van der Waals surface area contributed by atoms with Crippen molar-refractivity contribution in [3.05, 3.63) is 59.1 Å². The summed E-state index contributed by atoms with van der Waals surface area (Å²) in [6.45, 7) is 0.433. The zero-order valence-electron chi connectivity index (χ0n) is 9.97. The maximum absolute atomic E-state index is 10.4. The van der Waals surface area contributed by atoms with E-state index in [-0.39, 0.29) is 0 Å². The maximum Gasteiger partial charge on any atom is 0.409 e. The molecule has 0 fully saturated rings. The Balaban J connectivity index is 1.92. The van der Waals surface area contributed by atoms with E-state index in [1.807, 2.05) is 12.1 Å². The molecule has 19 heavy (non-hydrogen) atoms. The summed E-state index contributed by atoms with van der Waals surface area (Å²) in [5, 5.41) is 11.5. The number of nitrogens with one attached hydrogen (secondary N) is 1. The van der Waals surface area contributed by atoms with Crippen LogP contribution in [0.25, 0.3) is 0 Å². The predicted molar refractivity (Wildman–Crippen MR) is 73.9 cm³/mol. The fourth-order valence-corrected chi connectivity index (χ4v) is 1.63. The first-order valence-electron chi connectivity index (χ1n) is 5.61. The summed E-state index contributed by atoms with van der Waals surface area (Å²) in [5.41, 5.74) is 1.52. The first kappa shape index (κ1) is 13.2. The first-order chi connectivity index (χ1) is 9.13. The molecule has 98 valence electrons. The van der Waals surface area contributed by atoms with E-state index >= 15 is 0 Å². The summed E-state index contributed by atoms with van der Waals surface area (Å²) in [4.78, 5) is 10.4. The second kappa shape index (κ2) is 6.11. The molecule has 0 aliphatic carbocycles. The molecule has 2 aromatic rings. The van der Waals surface area contributed by atoms with Crippen molar-refractivity contribution >= 4 is 23.4 Å². The average Bonchev–Trinajstić information content (AvgIpc) is 2.39. The van der Waals surface area contributed by atoms with Gasteiger partial charge in [-0.25, -0.2) is 4.79 Å². The average molecular weight is 278 g/mol. The number of hydrogen-bond acceptors (Lipinski definition) is 2. The van der Waals surface area contributed by atoms with E-state index in [4.69, 9.17) is 21.4 Å². The van der Waals surface area contributed by atoms with Gasteiger partial charge in [-0.1, -0.05) is 23.7 Å². The molecule has 0 aromatic heterocycles. The third-order valence-electron chi connectivity index (χ3n) is 2.42. The summed E-state index contributed by atoms with van der Waals surface area (Å²) < 4.78 is 5.57. The standard InChI is InChI=1S/C14H12ClNO3/c15-11-3-1-10(2-4-11)9-19-13-7-5-12(6-8-13)16-14(17)18/h1-8,16H,9H2,(H,17,18). The van der Waals surface area contributed by atoms with Crippen molar-refractivity contribution in [3.63, 3.8) is 0 Å². The molecule has 5 heteroatoms. The molecule has 4 nitrogen and oxygen atoms in total. The molecule has 2 aromatic carbocycles. The van der Waals surface area contributed by atoms with E-state index in [1.54, 1.807) is 36.4 Å². The highest BCUT2D eigenvalue weighted by molar-refractivity contribution is 6.30. The highest BCUT2D eigenvalue weighted by atomic mass is 35.5. The number of halogens is 1. The second-order valence-corrected chi connectivity index (χ2v) is 4.31. The molecule has 0 atom stereocenters. The van der Waals surface area contributed by atoms with Crippen LogP contribution in [0.15, 0.2) is 48.5 Å². The monoisotopic (exact) mass is 277 g/mol. The zero-order chi connectivity index (χ0) is 13.7. The molecule has 0 aliphatic heterocycles. The van der Waals surface area contributed by atoms with Gasteiger partial charge in [0.05, 0.1) is 0 Å². The van der Waals surface area contributed by atoms with Gasteiger partial charge in [-0.3, -0.25) is 5.32 Å². The van der Waals surface area contributed by atoms with Gasteiger partial charge < -0.3 is 9.84 Å². The van der Waals surface area contributed by atoms with E-state index in [1.165, 1.54) is 0 Å². The number of ether oxygens (including phenoxy) is 1. The fraction of sp³-hybridized carbons (Fsp3) is 0.0714.